The molecule has 1 rings (SSSR count). The van der Waals surface area contributed by atoms with Gasteiger partial charge >= 0.3 is 0 Å². The molecular formula is C9H7Cl2NO. The van der Waals surface area contributed by atoms with Crippen molar-refractivity contribution < 1.29 is 4.79 Å². The highest BCUT2D eigenvalue weighted by Gasteiger charge is 1.91. The van der Waals surface area contributed by atoms with Gasteiger partial charge in [-0.05, 0) is 18.2 Å². The second-order valence-electron chi connectivity index (χ2n) is 2.30. The molecule has 1 aromatic rings. The molecule has 1 N–H and O–H groups in total. The molecule has 13 heavy (non-hydrogen) atoms. The molecule has 0 aromatic heterocycles. The van der Waals surface area contributed by atoms with Crippen LogP contribution in [0, 0.1) is 0 Å². The van der Waals surface area contributed by atoms with Gasteiger partial charge in [0.2, 0.25) is 0 Å². The molecule has 68 valence electrons. The zero-order chi connectivity index (χ0) is 9.68. The summed E-state index contributed by atoms with van der Waals surface area (Å²) in [6, 6.07) is 7.11. The lowest BCUT2D eigenvalue weighted by atomic mass is 10.3. The molecule has 0 saturated heterocycles. The van der Waals surface area contributed by atoms with Crippen LogP contribution < -0.4 is 5.32 Å². The van der Waals surface area contributed by atoms with Crippen molar-refractivity contribution in [1.82, 2.24) is 0 Å². The predicted octanol–water partition coefficient (Wildman–Crippen LogP) is 3.03. The third-order valence-corrected chi connectivity index (χ3v) is 1.75. The third-order valence-electron chi connectivity index (χ3n) is 1.31. The van der Waals surface area contributed by atoms with Crippen LogP contribution in [0.4, 0.5) is 5.69 Å². The largest absolute Gasteiger partial charge is 0.360 e. The number of allylic oxidation sites excluding steroid dienone is 1. The van der Waals surface area contributed by atoms with E-state index >= 15 is 0 Å². The fourth-order valence-electron chi connectivity index (χ4n) is 0.765. The fourth-order valence-corrected chi connectivity index (χ4v) is 1.01. The predicted molar refractivity (Wildman–Crippen MR) is 55.1 cm³/mol. The molecular weight excluding hydrogens is 209 g/mol. The van der Waals surface area contributed by atoms with Gasteiger partial charge in [0.05, 0.1) is 5.03 Å². The van der Waals surface area contributed by atoms with Crippen molar-refractivity contribution in [3.63, 3.8) is 0 Å². The van der Waals surface area contributed by atoms with Crippen molar-refractivity contribution in [2.24, 2.45) is 0 Å². The highest BCUT2D eigenvalue weighted by atomic mass is 35.5. The monoisotopic (exact) mass is 215 g/mol. The van der Waals surface area contributed by atoms with E-state index < -0.39 is 0 Å². The number of hydrogen-bond donors (Lipinski definition) is 1. The Morgan fingerprint density at radius 2 is 2.23 bits per heavy atom. The second-order valence-corrected chi connectivity index (χ2v) is 3.17. The van der Waals surface area contributed by atoms with Gasteiger partial charge in [0, 0.05) is 16.9 Å². The molecule has 0 amide bonds. The summed E-state index contributed by atoms with van der Waals surface area (Å²) in [6.07, 6.45) is 1.96. The number of rotatable bonds is 3. The van der Waals surface area contributed by atoms with Crippen LogP contribution in [0.25, 0.3) is 0 Å². The van der Waals surface area contributed by atoms with Crippen molar-refractivity contribution in [2.75, 3.05) is 5.32 Å². The Morgan fingerprint density at radius 3 is 2.85 bits per heavy atom. The Hall–Kier alpha value is -0.990. The number of hydrogen-bond acceptors (Lipinski definition) is 2. The molecule has 2 nitrogen and oxygen atoms in total. The quantitative estimate of drug-likeness (QED) is 0.621. The zero-order valence-corrected chi connectivity index (χ0v) is 8.14. The van der Waals surface area contributed by atoms with E-state index in [1.54, 1.807) is 18.2 Å². The van der Waals surface area contributed by atoms with E-state index in [0.29, 0.717) is 11.3 Å². The van der Waals surface area contributed by atoms with Gasteiger partial charge in [0.15, 0.2) is 6.29 Å². The molecule has 0 aliphatic carbocycles. The van der Waals surface area contributed by atoms with E-state index in [9.17, 15) is 4.79 Å². The minimum Gasteiger partial charge on any atom is -0.360 e. The first-order valence-corrected chi connectivity index (χ1v) is 4.31. The maximum absolute atomic E-state index is 10.1. The molecule has 0 bridgehead atoms. The van der Waals surface area contributed by atoms with E-state index in [1.807, 2.05) is 6.07 Å². The Morgan fingerprint density at radius 1 is 1.46 bits per heavy atom. The number of carbonyl (C=O) groups is 1. The number of nitrogens with one attached hydrogen (secondary N) is 1. The van der Waals surface area contributed by atoms with E-state index in [-0.39, 0.29) is 5.03 Å². The average Bonchev–Trinajstić information content (AvgIpc) is 2.14. The van der Waals surface area contributed by atoms with E-state index in [1.165, 1.54) is 6.20 Å². The Labute approximate surface area is 86.2 Å². The van der Waals surface area contributed by atoms with Crippen LogP contribution in [-0.4, -0.2) is 6.29 Å². The zero-order valence-electron chi connectivity index (χ0n) is 6.63. The fraction of sp³-hybridized carbons (Fsp3) is 0. The van der Waals surface area contributed by atoms with Crippen molar-refractivity contribution in [3.8, 4) is 0 Å². The number of aldehydes is 1. The first-order valence-electron chi connectivity index (χ1n) is 3.55. The van der Waals surface area contributed by atoms with Crippen LogP contribution in [0.5, 0.6) is 0 Å². The lowest BCUT2D eigenvalue weighted by Gasteiger charge is -1.99. The normalized spacial score (nSPS) is 11.1. The molecule has 0 fully saturated rings. The van der Waals surface area contributed by atoms with Crippen LogP contribution >= 0.6 is 23.2 Å². The summed E-state index contributed by atoms with van der Waals surface area (Å²) >= 11 is 11.2. The molecule has 0 atom stereocenters. The Kier molecular flexibility index (Phi) is 3.80. The summed E-state index contributed by atoms with van der Waals surface area (Å²) in [5.41, 5.74) is 0.785. The maximum Gasteiger partial charge on any atom is 0.162 e. The van der Waals surface area contributed by atoms with Gasteiger partial charge in [-0.3, -0.25) is 4.79 Å². The Balaban J connectivity index is 2.70. The first kappa shape index (κ1) is 10.1. The highest BCUT2D eigenvalue weighted by molar-refractivity contribution is 6.38. The summed E-state index contributed by atoms with van der Waals surface area (Å²) in [4.78, 5) is 10.1. The number of carbonyl (C=O) groups excluding carboxylic acids is 1. The van der Waals surface area contributed by atoms with Gasteiger partial charge in [-0.2, -0.15) is 0 Å². The van der Waals surface area contributed by atoms with E-state index in [0.717, 1.165) is 5.69 Å². The summed E-state index contributed by atoms with van der Waals surface area (Å²) in [5, 5.41) is 3.56. The molecule has 0 spiro atoms. The lowest BCUT2D eigenvalue weighted by molar-refractivity contribution is -0.104. The van der Waals surface area contributed by atoms with Crippen LogP contribution in [0.15, 0.2) is 35.5 Å². The minimum absolute atomic E-state index is 0.111. The summed E-state index contributed by atoms with van der Waals surface area (Å²) in [5.74, 6) is 0. The van der Waals surface area contributed by atoms with Gasteiger partial charge in [-0.1, -0.05) is 29.3 Å². The topological polar surface area (TPSA) is 29.1 Å². The molecule has 0 aliphatic heterocycles. The average molecular weight is 216 g/mol. The number of halogens is 2. The Bertz CT molecular complexity index is 336. The first-order chi connectivity index (χ1) is 6.22. The maximum atomic E-state index is 10.1. The molecule has 0 heterocycles. The smallest absolute Gasteiger partial charge is 0.162 e. The highest BCUT2D eigenvalue weighted by Crippen LogP contribution is 2.15. The lowest BCUT2D eigenvalue weighted by Crippen LogP contribution is -1.88. The SMILES string of the molecule is O=C/C(Cl)=C\Nc1cccc(Cl)c1. The van der Waals surface area contributed by atoms with Crippen LogP contribution in [0.3, 0.4) is 0 Å². The van der Waals surface area contributed by atoms with Crippen molar-refractivity contribution >= 4 is 35.2 Å². The van der Waals surface area contributed by atoms with Gasteiger partial charge in [-0.25, -0.2) is 0 Å². The van der Waals surface area contributed by atoms with Gasteiger partial charge in [0.25, 0.3) is 0 Å². The summed E-state index contributed by atoms with van der Waals surface area (Å²) in [6.45, 7) is 0. The van der Waals surface area contributed by atoms with Gasteiger partial charge in [-0.15, -0.1) is 0 Å². The standard InChI is InChI=1S/C9H7Cl2NO/c10-7-2-1-3-9(4-7)12-5-8(11)6-13/h1-6,12H/b8-5+. The van der Waals surface area contributed by atoms with Crippen LogP contribution in [0.2, 0.25) is 5.02 Å². The van der Waals surface area contributed by atoms with E-state index in [4.69, 9.17) is 23.2 Å². The molecule has 4 heteroatoms. The molecule has 1 aromatic carbocycles. The number of anilines is 1. The second kappa shape index (κ2) is 4.90. The van der Waals surface area contributed by atoms with Crippen molar-refractivity contribution in [1.29, 1.82) is 0 Å². The number of benzene rings is 1. The van der Waals surface area contributed by atoms with Gasteiger partial charge in [0.1, 0.15) is 0 Å². The van der Waals surface area contributed by atoms with Crippen molar-refractivity contribution in [3.05, 3.63) is 40.5 Å². The van der Waals surface area contributed by atoms with Crippen molar-refractivity contribution in [2.45, 2.75) is 0 Å². The van der Waals surface area contributed by atoms with E-state index in [2.05, 4.69) is 5.32 Å². The third kappa shape index (κ3) is 3.49. The molecule has 0 radical (unpaired) electrons. The molecule has 0 unspecified atom stereocenters. The summed E-state index contributed by atoms with van der Waals surface area (Å²) in [7, 11) is 0. The molecule has 0 aliphatic rings. The van der Waals surface area contributed by atoms with Crippen LogP contribution in [-0.2, 0) is 4.79 Å². The summed E-state index contributed by atoms with van der Waals surface area (Å²) < 4.78 is 0. The van der Waals surface area contributed by atoms with Gasteiger partial charge < -0.3 is 5.32 Å². The molecule has 0 saturated carbocycles. The minimum atomic E-state index is 0.111. The van der Waals surface area contributed by atoms with Crippen LogP contribution in [0.1, 0.15) is 0 Å².